The van der Waals surface area contributed by atoms with Gasteiger partial charge in [-0.1, -0.05) is 24.3 Å². The normalized spacial score (nSPS) is 16.8. The second-order valence-electron chi connectivity index (χ2n) is 6.81. The molecule has 2 heterocycles. The molecule has 1 aliphatic heterocycles. The van der Waals surface area contributed by atoms with E-state index >= 15 is 0 Å². The zero-order valence-electron chi connectivity index (χ0n) is 15.4. The minimum atomic E-state index is -0.230. The molecule has 0 saturated carbocycles. The molecule has 0 bridgehead atoms. The van der Waals surface area contributed by atoms with Crippen LogP contribution in [0.1, 0.15) is 18.4 Å². The maximum Gasteiger partial charge on any atom is 0.228 e. The summed E-state index contributed by atoms with van der Waals surface area (Å²) in [5, 5.41) is 4.38. The van der Waals surface area contributed by atoms with Crippen LogP contribution in [-0.2, 0) is 11.3 Å². The van der Waals surface area contributed by atoms with Gasteiger partial charge in [0.1, 0.15) is 11.6 Å². The van der Waals surface area contributed by atoms with Crippen LogP contribution in [0.25, 0.3) is 10.9 Å². The quantitative estimate of drug-likeness (QED) is 0.715. The molecule has 140 valence electrons. The lowest BCUT2D eigenvalue weighted by atomic mass is 10.2. The second kappa shape index (κ2) is 7.88. The maximum atomic E-state index is 13.1. The first-order valence-electron chi connectivity index (χ1n) is 9.25. The molecule has 1 aliphatic rings. The Hall–Kier alpha value is -2.73. The van der Waals surface area contributed by atoms with E-state index in [1.165, 1.54) is 12.1 Å². The van der Waals surface area contributed by atoms with Crippen LogP contribution in [0.3, 0.4) is 0 Å². The molecule has 0 spiro atoms. The van der Waals surface area contributed by atoms with Gasteiger partial charge in [0.25, 0.3) is 0 Å². The number of methoxy groups -OCH3 is 1. The third-order valence-electron chi connectivity index (χ3n) is 4.96. The average Bonchev–Trinajstić information content (AvgIpc) is 3.16. The van der Waals surface area contributed by atoms with E-state index in [4.69, 9.17) is 14.7 Å². The van der Waals surface area contributed by atoms with Crippen molar-refractivity contribution in [2.45, 2.75) is 25.4 Å². The molecule has 0 unspecified atom stereocenters. The summed E-state index contributed by atoms with van der Waals surface area (Å²) >= 11 is 0. The Kier molecular flexibility index (Phi) is 5.16. The van der Waals surface area contributed by atoms with Gasteiger partial charge in [-0.3, -0.25) is 0 Å². The van der Waals surface area contributed by atoms with Gasteiger partial charge in [-0.25, -0.2) is 9.37 Å². The van der Waals surface area contributed by atoms with Gasteiger partial charge in [0.2, 0.25) is 5.95 Å². The molecule has 4 rings (SSSR count). The van der Waals surface area contributed by atoms with E-state index in [9.17, 15) is 4.39 Å². The zero-order chi connectivity index (χ0) is 18.6. The molecule has 1 fully saturated rings. The number of benzene rings is 2. The van der Waals surface area contributed by atoms with E-state index < -0.39 is 0 Å². The Morgan fingerprint density at radius 1 is 1.15 bits per heavy atom. The molecule has 0 aliphatic carbocycles. The van der Waals surface area contributed by atoms with Crippen molar-refractivity contribution in [3.05, 3.63) is 59.9 Å². The van der Waals surface area contributed by atoms with E-state index in [2.05, 4.69) is 10.2 Å². The average molecular weight is 366 g/mol. The molecule has 1 atom stereocenters. The lowest BCUT2D eigenvalue weighted by Gasteiger charge is -2.25. The summed E-state index contributed by atoms with van der Waals surface area (Å²) in [6, 6.07) is 14.8. The Morgan fingerprint density at radius 3 is 2.78 bits per heavy atom. The van der Waals surface area contributed by atoms with Gasteiger partial charge in [-0.15, -0.1) is 0 Å². The van der Waals surface area contributed by atoms with Gasteiger partial charge in [-0.2, -0.15) is 4.98 Å². The molecular formula is C21H23FN4O. The summed E-state index contributed by atoms with van der Waals surface area (Å²) < 4.78 is 18.5. The van der Waals surface area contributed by atoms with E-state index in [1.807, 2.05) is 24.3 Å². The molecule has 6 heteroatoms. The van der Waals surface area contributed by atoms with Gasteiger partial charge in [0, 0.05) is 25.6 Å². The number of ether oxygens (including phenoxy) is 1. The number of fused-ring (bicyclic) bond motifs is 1. The standard InChI is InChI=1S/C21H23FN4O/c1-27-14-17-5-4-12-26(17)21-24-19-7-3-2-6-18(19)20(25-21)23-13-15-8-10-16(22)11-9-15/h2-3,6-11,17H,4-5,12-14H2,1H3,(H,23,24,25)/t17-/m0/s1. The Morgan fingerprint density at radius 2 is 1.96 bits per heavy atom. The van der Waals surface area contributed by atoms with Crippen molar-refractivity contribution in [2.75, 3.05) is 30.5 Å². The highest BCUT2D eigenvalue weighted by Crippen LogP contribution is 2.28. The number of anilines is 2. The number of aromatic nitrogens is 2. The molecule has 0 amide bonds. The fourth-order valence-electron chi connectivity index (χ4n) is 3.58. The maximum absolute atomic E-state index is 13.1. The largest absolute Gasteiger partial charge is 0.383 e. The van der Waals surface area contributed by atoms with Gasteiger partial charge >= 0.3 is 0 Å². The van der Waals surface area contributed by atoms with Crippen molar-refractivity contribution >= 4 is 22.7 Å². The van der Waals surface area contributed by atoms with Crippen molar-refractivity contribution in [3.8, 4) is 0 Å². The Labute approximate surface area is 158 Å². The number of hydrogen-bond donors (Lipinski definition) is 1. The van der Waals surface area contributed by atoms with Crippen LogP contribution in [0.2, 0.25) is 0 Å². The number of halogens is 1. The second-order valence-corrected chi connectivity index (χ2v) is 6.81. The van der Waals surface area contributed by atoms with Crippen LogP contribution >= 0.6 is 0 Å². The highest BCUT2D eigenvalue weighted by Gasteiger charge is 2.27. The van der Waals surface area contributed by atoms with Crippen molar-refractivity contribution in [1.29, 1.82) is 0 Å². The molecule has 5 nitrogen and oxygen atoms in total. The van der Waals surface area contributed by atoms with E-state index in [0.717, 1.165) is 47.6 Å². The van der Waals surface area contributed by atoms with Crippen LogP contribution in [0.5, 0.6) is 0 Å². The Balaban J connectivity index is 1.65. The van der Waals surface area contributed by atoms with Gasteiger partial charge < -0.3 is 15.0 Å². The fraction of sp³-hybridized carbons (Fsp3) is 0.333. The number of hydrogen-bond acceptors (Lipinski definition) is 5. The predicted molar refractivity (Wildman–Crippen MR) is 106 cm³/mol. The molecular weight excluding hydrogens is 343 g/mol. The SMILES string of the molecule is COC[C@@H]1CCCN1c1nc(NCc2ccc(F)cc2)c2ccccc2n1. The number of nitrogens with zero attached hydrogens (tertiary/aromatic N) is 3. The lowest BCUT2D eigenvalue weighted by Crippen LogP contribution is -2.34. The summed E-state index contributed by atoms with van der Waals surface area (Å²) in [5.74, 6) is 1.30. The number of rotatable bonds is 6. The van der Waals surface area contributed by atoms with Gasteiger partial charge in [0.05, 0.1) is 18.2 Å². The van der Waals surface area contributed by atoms with E-state index in [1.54, 1.807) is 19.2 Å². The summed E-state index contributed by atoms with van der Waals surface area (Å²) in [4.78, 5) is 11.8. The fourth-order valence-corrected chi connectivity index (χ4v) is 3.58. The molecule has 2 aromatic carbocycles. The van der Waals surface area contributed by atoms with E-state index in [0.29, 0.717) is 19.2 Å². The number of nitrogens with one attached hydrogen (secondary N) is 1. The van der Waals surface area contributed by atoms with Crippen LogP contribution in [0.4, 0.5) is 16.2 Å². The van der Waals surface area contributed by atoms with Crippen LogP contribution < -0.4 is 10.2 Å². The first kappa shape index (κ1) is 17.7. The minimum Gasteiger partial charge on any atom is -0.383 e. The molecule has 27 heavy (non-hydrogen) atoms. The van der Waals surface area contributed by atoms with Crippen molar-refractivity contribution in [2.24, 2.45) is 0 Å². The topological polar surface area (TPSA) is 50.3 Å². The molecule has 1 N–H and O–H groups in total. The van der Waals surface area contributed by atoms with Crippen LogP contribution in [0, 0.1) is 5.82 Å². The van der Waals surface area contributed by atoms with Crippen molar-refractivity contribution < 1.29 is 9.13 Å². The monoisotopic (exact) mass is 366 g/mol. The first-order valence-corrected chi connectivity index (χ1v) is 9.25. The molecule has 3 aromatic rings. The molecule has 1 saturated heterocycles. The number of para-hydroxylation sites is 1. The zero-order valence-corrected chi connectivity index (χ0v) is 15.4. The molecule has 0 radical (unpaired) electrons. The highest BCUT2D eigenvalue weighted by molar-refractivity contribution is 5.90. The summed E-state index contributed by atoms with van der Waals surface area (Å²) in [5.41, 5.74) is 1.91. The van der Waals surface area contributed by atoms with Crippen molar-refractivity contribution in [3.63, 3.8) is 0 Å². The lowest BCUT2D eigenvalue weighted by molar-refractivity contribution is 0.180. The third-order valence-corrected chi connectivity index (χ3v) is 4.96. The van der Waals surface area contributed by atoms with Gasteiger partial charge in [0.15, 0.2) is 0 Å². The summed E-state index contributed by atoms with van der Waals surface area (Å²) in [7, 11) is 1.73. The highest BCUT2D eigenvalue weighted by atomic mass is 19.1. The smallest absolute Gasteiger partial charge is 0.228 e. The minimum absolute atomic E-state index is 0.230. The summed E-state index contributed by atoms with van der Waals surface area (Å²) in [6.45, 7) is 2.18. The van der Waals surface area contributed by atoms with Gasteiger partial charge in [-0.05, 0) is 42.7 Å². The van der Waals surface area contributed by atoms with Crippen LogP contribution in [0.15, 0.2) is 48.5 Å². The molecule has 1 aromatic heterocycles. The van der Waals surface area contributed by atoms with Crippen molar-refractivity contribution in [1.82, 2.24) is 9.97 Å². The van der Waals surface area contributed by atoms with E-state index in [-0.39, 0.29) is 5.82 Å². The summed E-state index contributed by atoms with van der Waals surface area (Å²) in [6.07, 6.45) is 2.20. The predicted octanol–water partition coefficient (Wildman–Crippen LogP) is 4.00. The van der Waals surface area contributed by atoms with Crippen LogP contribution in [-0.4, -0.2) is 36.3 Å². The Bertz CT molecular complexity index is 916. The first-order chi connectivity index (χ1) is 13.2. The third kappa shape index (κ3) is 3.85.